The van der Waals surface area contributed by atoms with Gasteiger partial charge in [0.05, 0.1) is 11.4 Å². The molecule has 2 fully saturated rings. The van der Waals surface area contributed by atoms with Gasteiger partial charge in [-0.15, -0.1) is 0 Å². The summed E-state index contributed by atoms with van der Waals surface area (Å²) in [6, 6.07) is 18.4. The van der Waals surface area contributed by atoms with Gasteiger partial charge in [0.1, 0.15) is 4.32 Å². The highest BCUT2D eigenvalue weighted by Crippen LogP contribution is 2.34. The third-order valence-electron chi connectivity index (χ3n) is 4.72. The molecule has 2 heterocycles. The van der Waals surface area contributed by atoms with Gasteiger partial charge in [0.2, 0.25) is 0 Å². The van der Waals surface area contributed by atoms with E-state index in [1.165, 1.54) is 30.3 Å². The lowest BCUT2D eigenvalue weighted by Crippen LogP contribution is -2.27. The van der Waals surface area contributed by atoms with Crippen LogP contribution in [0.15, 0.2) is 59.5 Å². The number of carbonyl (C=O) groups is 1. The number of amides is 1. The third-order valence-corrected chi connectivity index (χ3v) is 6.10. The fourth-order valence-electron chi connectivity index (χ4n) is 3.31. The fourth-order valence-corrected chi connectivity index (χ4v) is 4.57. The van der Waals surface area contributed by atoms with Gasteiger partial charge in [0.15, 0.2) is 0 Å². The molecule has 3 nitrogen and oxygen atoms in total. The number of thiocarbonyl (C=S) groups is 1. The van der Waals surface area contributed by atoms with E-state index in [1.807, 2.05) is 36.4 Å². The Hall–Kier alpha value is -2.11. The van der Waals surface area contributed by atoms with Crippen LogP contribution in [0.25, 0.3) is 6.08 Å². The monoisotopic (exact) mass is 380 g/mol. The zero-order valence-corrected chi connectivity index (χ0v) is 16.1. The smallest absolute Gasteiger partial charge is 0.266 e. The van der Waals surface area contributed by atoms with Gasteiger partial charge >= 0.3 is 0 Å². The number of anilines is 1. The van der Waals surface area contributed by atoms with Crippen molar-refractivity contribution in [3.63, 3.8) is 0 Å². The molecule has 132 valence electrons. The van der Waals surface area contributed by atoms with Crippen molar-refractivity contribution in [3.05, 3.63) is 70.6 Å². The molecule has 2 saturated heterocycles. The minimum Gasteiger partial charge on any atom is -0.372 e. The Morgan fingerprint density at radius 3 is 2.38 bits per heavy atom. The van der Waals surface area contributed by atoms with Crippen molar-refractivity contribution >= 4 is 46.0 Å². The van der Waals surface area contributed by atoms with E-state index in [0.29, 0.717) is 15.8 Å². The van der Waals surface area contributed by atoms with Crippen LogP contribution >= 0.6 is 24.0 Å². The molecule has 0 saturated carbocycles. The molecule has 0 aliphatic carbocycles. The van der Waals surface area contributed by atoms with Crippen LogP contribution < -0.4 is 4.90 Å². The van der Waals surface area contributed by atoms with Gasteiger partial charge in [-0.2, -0.15) is 0 Å². The molecule has 0 atom stereocenters. The number of rotatable bonds is 4. The molecule has 0 unspecified atom stereocenters. The van der Waals surface area contributed by atoms with Crippen molar-refractivity contribution in [1.82, 2.24) is 4.90 Å². The Kier molecular flexibility index (Phi) is 5.09. The van der Waals surface area contributed by atoms with Gasteiger partial charge in [-0.25, -0.2) is 0 Å². The van der Waals surface area contributed by atoms with E-state index in [4.69, 9.17) is 12.2 Å². The van der Waals surface area contributed by atoms with Gasteiger partial charge < -0.3 is 4.90 Å². The van der Waals surface area contributed by atoms with Crippen LogP contribution in [0.1, 0.15) is 24.0 Å². The first-order valence-corrected chi connectivity index (χ1v) is 10.1. The molecule has 2 aliphatic heterocycles. The number of thioether (sulfide) groups is 1. The Morgan fingerprint density at radius 2 is 1.69 bits per heavy atom. The minimum atomic E-state index is -0.00697. The first-order valence-electron chi connectivity index (χ1n) is 8.85. The predicted octanol–water partition coefficient (Wildman–Crippen LogP) is 4.69. The van der Waals surface area contributed by atoms with E-state index in [0.717, 1.165) is 24.2 Å². The number of hydrogen-bond donors (Lipinski definition) is 0. The Bertz CT molecular complexity index is 840. The summed E-state index contributed by atoms with van der Waals surface area (Å²) < 4.78 is 0.624. The number of benzene rings is 2. The molecule has 4 rings (SSSR count). The summed E-state index contributed by atoms with van der Waals surface area (Å²) in [4.78, 5) is 17.5. The van der Waals surface area contributed by atoms with Crippen molar-refractivity contribution in [1.29, 1.82) is 0 Å². The summed E-state index contributed by atoms with van der Waals surface area (Å²) in [7, 11) is 0. The van der Waals surface area contributed by atoms with Crippen LogP contribution in [0.3, 0.4) is 0 Å². The maximum atomic E-state index is 12.7. The van der Waals surface area contributed by atoms with Crippen molar-refractivity contribution in [2.45, 2.75) is 19.4 Å². The zero-order valence-electron chi connectivity index (χ0n) is 14.4. The normalized spacial score (nSPS) is 19.0. The first kappa shape index (κ1) is 17.3. The summed E-state index contributed by atoms with van der Waals surface area (Å²) >= 11 is 6.81. The van der Waals surface area contributed by atoms with Crippen molar-refractivity contribution in [3.8, 4) is 0 Å². The lowest BCUT2D eigenvalue weighted by Gasteiger charge is -2.17. The summed E-state index contributed by atoms with van der Waals surface area (Å²) in [5, 5.41) is 0. The van der Waals surface area contributed by atoms with E-state index in [9.17, 15) is 4.79 Å². The van der Waals surface area contributed by atoms with Crippen molar-refractivity contribution in [2.24, 2.45) is 0 Å². The molecule has 26 heavy (non-hydrogen) atoms. The Labute approximate surface area is 163 Å². The lowest BCUT2D eigenvalue weighted by molar-refractivity contribution is -0.122. The molecule has 2 aliphatic rings. The van der Waals surface area contributed by atoms with Gasteiger partial charge in [0, 0.05) is 18.8 Å². The highest BCUT2D eigenvalue weighted by molar-refractivity contribution is 8.26. The molecule has 0 N–H and O–H groups in total. The molecule has 0 bridgehead atoms. The van der Waals surface area contributed by atoms with Gasteiger partial charge in [-0.3, -0.25) is 9.69 Å². The highest BCUT2D eigenvalue weighted by Gasteiger charge is 2.31. The maximum Gasteiger partial charge on any atom is 0.266 e. The van der Waals surface area contributed by atoms with E-state index in [1.54, 1.807) is 4.90 Å². The van der Waals surface area contributed by atoms with E-state index >= 15 is 0 Å². The quantitative estimate of drug-likeness (QED) is 0.567. The molecular weight excluding hydrogens is 360 g/mol. The van der Waals surface area contributed by atoms with E-state index in [-0.39, 0.29) is 5.91 Å². The topological polar surface area (TPSA) is 23.6 Å². The molecule has 0 radical (unpaired) electrons. The van der Waals surface area contributed by atoms with Crippen LogP contribution in [-0.4, -0.2) is 28.2 Å². The molecule has 2 aromatic carbocycles. The minimum absolute atomic E-state index is 0.00697. The average Bonchev–Trinajstić information content (AvgIpc) is 3.28. The highest BCUT2D eigenvalue weighted by atomic mass is 32.2. The number of carbonyl (C=O) groups excluding carboxylic acids is 1. The van der Waals surface area contributed by atoms with Gasteiger partial charge in [-0.05, 0) is 42.2 Å². The molecule has 2 aromatic rings. The summed E-state index contributed by atoms with van der Waals surface area (Å²) in [6.45, 7) is 2.80. The zero-order chi connectivity index (χ0) is 17.9. The maximum absolute atomic E-state index is 12.7. The average molecular weight is 381 g/mol. The van der Waals surface area contributed by atoms with Crippen LogP contribution in [0, 0.1) is 0 Å². The first-order chi connectivity index (χ1) is 12.7. The van der Waals surface area contributed by atoms with E-state index in [2.05, 4.69) is 29.2 Å². The number of hydrogen-bond acceptors (Lipinski definition) is 4. The fraction of sp³-hybridized carbons (Fsp3) is 0.238. The second-order valence-electron chi connectivity index (χ2n) is 6.54. The summed E-state index contributed by atoms with van der Waals surface area (Å²) in [5.74, 6) is -0.00697. The SMILES string of the molecule is O=C1/C(=C/c2ccc(N3CCCC3)cc2)SC(=S)N1Cc1ccccc1. The van der Waals surface area contributed by atoms with Crippen LogP contribution in [-0.2, 0) is 11.3 Å². The molecular formula is C21H20N2OS2. The van der Waals surface area contributed by atoms with E-state index < -0.39 is 0 Å². The second kappa shape index (κ2) is 7.64. The molecule has 5 heteroatoms. The predicted molar refractivity (Wildman–Crippen MR) is 113 cm³/mol. The Balaban J connectivity index is 1.49. The summed E-state index contributed by atoms with van der Waals surface area (Å²) in [6.07, 6.45) is 4.48. The van der Waals surface area contributed by atoms with Crippen molar-refractivity contribution < 1.29 is 4.79 Å². The second-order valence-corrected chi connectivity index (χ2v) is 8.21. The van der Waals surface area contributed by atoms with Crippen LogP contribution in [0.5, 0.6) is 0 Å². The van der Waals surface area contributed by atoms with Gasteiger partial charge in [0.25, 0.3) is 5.91 Å². The standard InChI is InChI=1S/C21H20N2OS2/c24-20-19(26-21(25)23(20)15-17-6-2-1-3-7-17)14-16-8-10-18(11-9-16)22-12-4-5-13-22/h1-3,6-11,14H,4-5,12-13,15H2/b19-14-. The van der Waals surface area contributed by atoms with Gasteiger partial charge in [-0.1, -0.05) is 66.4 Å². The van der Waals surface area contributed by atoms with Crippen molar-refractivity contribution in [2.75, 3.05) is 18.0 Å². The molecule has 0 aromatic heterocycles. The lowest BCUT2D eigenvalue weighted by atomic mass is 10.1. The van der Waals surface area contributed by atoms with Crippen LogP contribution in [0.2, 0.25) is 0 Å². The summed E-state index contributed by atoms with van der Waals surface area (Å²) in [5.41, 5.74) is 3.38. The van der Waals surface area contributed by atoms with Crippen LogP contribution in [0.4, 0.5) is 5.69 Å². The number of nitrogens with zero attached hydrogens (tertiary/aromatic N) is 2. The largest absolute Gasteiger partial charge is 0.372 e. The Morgan fingerprint density at radius 1 is 1.00 bits per heavy atom. The third kappa shape index (κ3) is 3.69. The molecule has 0 spiro atoms. The molecule has 1 amide bonds.